The predicted molar refractivity (Wildman–Crippen MR) is 107 cm³/mol. The molecule has 0 saturated carbocycles. The summed E-state index contributed by atoms with van der Waals surface area (Å²) in [5.74, 6) is 1.35. The zero-order valence-corrected chi connectivity index (χ0v) is 15.2. The number of hydrogen-bond acceptors (Lipinski definition) is 4. The molecule has 0 aliphatic carbocycles. The second kappa shape index (κ2) is 6.73. The Morgan fingerprint density at radius 1 is 0.923 bits per heavy atom. The molecule has 0 atom stereocenters. The Morgan fingerprint density at radius 3 is 2.46 bits per heavy atom. The van der Waals surface area contributed by atoms with Crippen LogP contribution in [0.1, 0.15) is 11.1 Å². The standard InChI is InChI=1S/C21H17ClN4/c1-13-8-14(2)10-17(9-13)24-21-18-11-16(22)5-6-19(18)25-20(26-21)15-4-3-7-23-12-15/h3-12H,1-2H3,(H,24,25,26). The monoisotopic (exact) mass is 360 g/mol. The maximum absolute atomic E-state index is 6.21. The normalized spacial score (nSPS) is 10.9. The molecule has 2 aromatic heterocycles. The number of aromatic nitrogens is 3. The van der Waals surface area contributed by atoms with E-state index in [1.54, 1.807) is 12.4 Å². The minimum Gasteiger partial charge on any atom is -0.340 e. The van der Waals surface area contributed by atoms with Crippen molar-refractivity contribution in [3.8, 4) is 11.4 Å². The fraction of sp³-hybridized carbons (Fsp3) is 0.0952. The average molecular weight is 361 g/mol. The summed E-state index contributed by atoms with van der Waals surface area (Å²) in [6, 6.07) is 15.8. The van der Waals surface area contributed by atoms with E-state index in [1.807, 2.05) is 30.3 Å². The van der Waals surface area contributed by atoms with Crippen LogP contribution in [0.5, 0.6) is 0 Å². The highest BCUT2D eigenvalue weighted by Gasteiger charge is 2.11. The van der Waals surface area contributed by atoms with Crippen LogP contribution in [0.15, 0.2) is 60.9 Å². The molecule has 0 radical (unpaired) electrons. The van der Waals surface area contributed by atoms with Gasteiger partial charge in [0, 0.05) is 34.1 Å². The highest BCUT2D eigenvalue weighted by atomic mass is 35.5. The third-order valence-corrected chi connectivity index (χ3v) is 4.30. The lowest BCUT2D eigenvalue weighted by Crippen LogP contribution is -2.00. The summed E-state index contributed by atoms with van der Waals surface area (Å²) >= 11 is 6.21. The molecule has 0 bridgehead atoms. The lowest BCUT2D eigenvalue weighted by molar-refractivity contribution is 1.20. The first-order valence-corrected chi connectivity index (χ1v) is 8.69. The summed E-state index contributed by atoms with van der Waals surface area (Å²) in [5, 5.41) is 4.97. The van der Waals surface area contributed by atoms with E-state index in [1.165, 1.54) is 11.1 Å². The number of pyridine rings is 1. The van der Waals surface area contributed by atoms with Crippen LogP contribution in [0.25, 0.3) is 22.3 Å². The van der Waals surface area contributed by atoms with Crippen molar-refractivity contribution in [2.75, 3.05) is 5.32 Å². The SMILES string of the molecule is Cc1cc(C)cc(Nc2nc(-c3cccnc3)nc3ccc(Cl)cc23)c1. The van der Waals surface area contributed by atoms with Crippen LogP contribution in [0.2, 0.25) is 5.02 Å². The molecule has 0 fully saturated rings. The molecule has 0 aliphatic rings. The van der Waals surface area contributed by atoms with Crippen LogP contribution in [-0.2, 0) is 0 Å². The van der Waals surface area contributed by atoms with Crippen molar-refractivity contribution in [1.29, 1.82) is 0 Å². The van der Waals surface area contributed by atoms with Crippen LogP contribution in [0.4, 0.5) is 11.5 Å². The second-order valence-corrected chi connectivity index (χ2v) is 6.74. The number of rotatable bonds is 3. The minimum atomic E-state index is 0.625. The highest BCUT2D eigenvalue weighted by molar-refractivity contribution is 6.31. The van der Waals surface area contributed by atoms with E-state index in [-0.39, 0.29) is 0 Å². The van der Waals surface area contributed by atoms with Gasteiger partial charge in [0.2, 0.25) is 0 Å². The molecule has 128 valence electrons. The van der Waals surface area contributed by atoms with Gasteiger partial charge in [0.15, 0.2) is 5.82 Å². The number of halogens is 1. The zero-order valence-electron chi connectivity index (χ0n) is 14.5. The number of fused-ring (bicyclic) bond motifs is 1. The third-order valence-electron chi connectivity index (χ3n) is 4.06. The summed E-state index contributed by atoms with van der Waals surface area (Å²) in [5.41, 5.74) is 5.07. The number of hydrogen-bond donors (Lipinski definition) is 1. The number of nitrogens with one attached hydrogen (secondary N) is 1. The van der Waals surface area contributed by atoms with Crippen molar-refractivity contribution in [3.63, 3.8) is 0 Å². The quantitative estimate of drug-likeness (QED) is 0.508. The van der Waals surface area contributed by atoms with E-state index in [2.05, 4.69) is 47.3 Å². The van der Waals surface area contributed by atoms with Gasteiger partial charge in [0.1, 0.15) is 5.82 Å². The van der Waals surface area contributed by atoms with Crippen LogP contribution in [0, 0.1) is 13.8 Å². The largest absolute Gasteiger partial charge is 0.340 e. The van der Waals surface area contributed by atoms with Gasteiger partial charge in [-0.25, -0.2) is 9.97 Å². The van der Waals surface area contributed by atoms with Crippen molar-refractivity contribution in [2.45, 2.75) is 13.8 Å². The van der Waals surface area contributed by atoms with E-state index < -0.39 is 0 Å². The molecule has 26 heavy (non-hydrogen) atoms. The van der Waals surface area contributed by atoms with E-state index in [9.17, 15) is 0 Å². The molecular weight excluding hydrogens is 344 g/mol. The van der Waals surface area contributed by atoms with Gasteiger partial charge in [-0.05, 0) is 67.4 Å². The Labute approximate surface area is 156 Å². The molecule has 5 heteroatoms. The Kier molecular flexibility index (Phi) is 4.27. The lowest BCUT2D eigenvalue weighted by Gasteiger charge is -2.12. The number of benzene rings is 2. The Balaban J connectivity index is 1.89. The van der Waals surface area contributed by atoms with Crippen molar-refractivity contribution < 1.29 is 0 Å². The summed E-state index contributed by atoms with van der Waals surface area (Å²) in [7, 11) is 0. The maximum atomic E-state index is 6.21. The first-order chi connectivity index (χ1) is 12.6. The molecular formula is C21H17ClN4. The van der Waals surface area contributed by atoms with Crippen LogP contribution in [0.3, 0.4) is 0 Å². The number of nitrogens with zero attached hydrogens (tertiary/aromatic N) is 3. The van der Waals surface area contributed by atoms with Gasteiger partial charge in [-0.15, -0.1) is 0 Å². The van der Waals surface area contributed by atoms with Gasteiger partial charge >= 0.3 is 0 Å². The first-order valence-electron chi connectivity index (χ1n) is 8.31. The van der Waals surface area contributed by atoms with Gasteiger partial charge in [0.05, 0.1) is 5.52 Å². The number of anilines is 2. The summed E-state index contributed by atoms with van der Waals surface area (Å²) in [4.78, 5) is 13.6. The molecule has 2 heterocycles. The van der Waals surface area contributed by atoms with E-state index >= 15 is 0 Å². The Morgan fingerprint density at radius 2 is 1.73 bits per heavy atom. The van der Waals surface area contributed by atoms with Crippen molar-refractivity contribution in [1.82, 2.24) is 15.0 Å². The Bertz CT molecular complexity index is 1070. The summed E-state index contributed by atoms with van der Waals surface area (Å²) < 4.78 is 0. The van der Waals surface area contributed by atoms with Gasteiger partial charge in [-0.3, -0.25) is 4.98 Å². The van der Waals surface area contributed by atoms with Gasteiger partial charge in [-0.1, -0.05) is 17.7 Å². The lowest BCUT2D eigenvalue weighted by atomic mass is 10.1. The highest BCUT2D eigenvalue weighted by Crippen LogP contribution is 2.29. The summed E-state index contributed by atoms with van der Waals surface area (Å²) in [6.45, 7) is 4.16. The third kappa shape index (κ3) is 3.37. The maximum Gasteiger partial charge on any atom is 0.163 e. The van der Waals surface area contributed by atoms with Crippen molar-refractivity contribution in [3.05, 3.63) is 77.1 Å². The minimum absolute atomic E-state index is 0.625. The topological polar surface area (TPSA) is 50.7 Å². The molecule has 4 aromatic rings. The van der Waals surface area contributed by atoms with Crippen LogP contribution >= 0.6 is 11.6 Å². The molecule has 2 aromatic carbocycles. The fourth-order valence-electron chi connectivity index (χ4n) is 3.00. The number of aryl methyl sites for hydroxylation is 2. The molecule has 4 nitrogen and oxygen atoms in total. The zero-order chi connectivity index (χ0) is 18.1. The molecule has 0 aliphatic heterocycles. The van der Waals surface area contributed by atoms with Gasteiger partial charge in [-0.2, -0.15) is 0 Å². The molecule has 1 N–H and O–H groups in total. The molecule has 0 spiro atoms. The first kappa shape index (κ1) is 16.5. The van der Waals surface area contributed by atoms with Crippen LogP contribution < -0.4 is 5.32 Å². The van der Waals surface area contributed by atoms with Crippen molar-refractivity contribution >= 4 is 34.0 Å². The van der Waals surface area contributed by atoms with Gasteiger partial charge < -0.3 is 5.32 Å². The molecule has 4 rings (SSSR count). The van der Waals surface area contributed by atoms with E-state index in [0.717, 1.165) is 28.0 Å². The summed E-state index contributed by atoms with van der Waals surface area (Å²) in [6.07, 6.45) is 3.50. The van der Waals surface area contributed by atoms with Crippen LogP contribution in [-0.4, -0.2) is 15.0 Å². The second-order valence-electron chi connectivity index (χ2n) is 6.30. The molecule has 0 unspecified atom stereocenters. The van der Waals surface area contributed by atoms with Crippen molar-refractivity contribution in [2.24, 2.45) is 0 Å². The Hall–Kier alpha value is -2.98. The molecule has 0 saturated heterocycles. The molecule has 0 amide bonds. The van der Waals surface area contributed by atoms with E-state index in [4.69, 9.17) is 16.6 Å². The van der Waals surface area contributed by atoms with Gasteiger partial charge in [0.25, 0.3) is 0 Å². The predicted octanol–water partition coefficient (Wildman–Crippen LogP) is 5.71. The van der Waals surface area contributed by atoms with E-state index in [0.29, 0.717) is 10.8 Å². The smallest absolute Gasteiger partial charge is 0.163 e. The fourth-order valence-corrected chi connectivity index (χ4v) is 3.18. The average Bonchev–Trinajstić information content (AvgIpc) is 2.62.